The van der Waals surface area contributed by atoms with Crippen LogP contribution in [0, 0.1) is 13.8 Å². The summed E-state index contributed by atoms with van der Waals surface area (Å²) in [6, 6.07) is 0. The minimum Gasteiger partial charge on any atom is -0.314 e. The maximum absolute atomic E-state index is 12.0. The van der Waals surface area contributed by atoms with Crippen LogP contribution in [0.2, 0.25) is 0 Å². The second-order valence-corrected chi connectivity index (χ2v) is 6.79. The van der Waals surface area contributed by atoms with Crippen LogP contribution in [-0.2, 0) is 10.2 Å². The number of thiazole rings is 1. The number of anilines is 1. The highest BCUT2D eigenvalue weighted by Crippen LogP contribution is 2.22. The van der Waals surface area contributed by atoms with Crippen molar-refractivity contribution in [1.29, 1.82) is 0 Å². The third-order valence-corrected chi connectivity index (χ3v) is 5.27. The van der Waals surface area contributed by atoms with Gasteiger partial charge in [0.25, 0.3) is 0 Å². The lowest BCUT2D eigenvalue weighted by Gasteiger charge is -2.26. The van der Waals surface area contributed by atoms with Gasteiger partial charge in [0.05, 0.1) is 5.69 Å². The lowest BCUT2D eigenvalue weighted by Crippen LogP contribution is -2.48. The van der Waals surface area contributed by atoms with E-state index in [1.807, 2.05) is 13.8 Å². The van der Waals surface area contributed by atoms with Gasteiger partial charge >= 0.3 is 10.2 Å². The monoisotopic (exact) mass is 276 g/mol. The Kier molecular flexibility index (Phi) is 3.67. The van der Waals surface area contributed by atoms with Crippen molar-refractivity contribution in [1.82, 2.24) is 14.6 Å². The van der Waals surface area contributed by atoms with Crippen LogP contribution in [0.4, 0.5) is 5.13 Å². The van der Waals surface area contributed by atoms with Crippen LogP contribution >= 0.6 is 11.3 Å². The van der Waals surface area contributed by atoms with Gasteiger partial charge in [0.15, 0.2) is 5.13 Å². The van der Waals surface area contributed by atoms with Crippen molar-refractivity contribution >= 4 is 26.7 Å². The normalized spacial score (nSPS) is 18.2. The number of aromatic nitrogens is 1. The van der Waals surface area contributed by atoms with E-state index < -0.39 is 10.2 Å². The molecule has 1 saturated heterocycles. The second-order valence-electron chi connectivity index (χ2n) is 3.92. The lowest BCUT2D eigenvalue weighted by molar-refractivity contribution is 0.362. The number of hydrogen-bond acceptors (Lipinski definition) is 5. The highest BCUT2D eigenvalue weighted by molar-refractivity contribution is 7.90. The highest BCUT2D eigenvalue weighted by atomic mass is 32.2. The Hall–Kier alpha value is -0.700. The summed E-state index contributed by atoms with van der Waals surface area (Å²) in [5.41, 5.74) is 0.869. The zero-order valence-electron chi connectivity index (χ0n) is 9.86. The Bertz CT molecular complexity index is 472. The lowest BCUT2D eigenvalue weighted by atomic mass is 10.4. The van der Waals surface area contributed by atoms with E-state index in [0.717, 1.165) is 10.6 Å². The van der Waals surface area contributed by atoms with E-state index in [4.69, 9.17) is 0 Å². The molecule has 1 aromatic heterocycles. The minimum atomic E-state index is -3.45. The molecule has 17 heavy (non-hydrogen) atoms. The molecule has 0 amide bonds. The molecule has 1 aliphatic heterocycles. The van der Waals surface area contributed by atoms with Crippen LogP contribution in [-0.4, -0.2) is 43.9 Å². The number of hydrogen-bond donors (Lipinski definition) is 2. The fourth-order valence-corrected chi connectivity index (χ4v) is 3.78. The number of piperazine rings is 1. The van der Waals surface area contributed by atoms with Gasteiger partial charge in [-0.25, -0.2) is 9.71 Å². The fraction of sp³-hybridized carbons (Fsp3) is 0.667. The van der Waals surface area contributed by atoms with E-state index in [0.29, 0.717) is 31.3 Å². The van der Waals surface area contributed by atoms with Crippen molar-refractivity contribution in [3.63, 3.8) is 0 Å². The van der Waals surface area contributed by atoms with E-state index in [-0.39, 0.29) is 0 Å². The molecule has 0 radical (unpaired) electrons. The Morgan fingerprint density at radius 3 is 2.53 bits per heavy atom. The molecule has 0 atom stereocenters. The van der Waals surface area contributed by atoms with E-state index in [1.165, 1.54) is 15.6 Å². The van der Waals surface area contributed by atoms with Crippen LogP contribution in [0.15, 0.2) is 0 Å². The average Bonchev–Trinajstić information content (AvgIpc) is 2.58. The summed E-state index contributed by atoms with van der Waals surface area (Å²) in [4.78, 5) is 5.21. The Labute approximate surface area is 105 Å². The summed E-state index contributed by atoms with van der Waals surface area (Å²) in [6.07, 6.45) is 0. The first kappa shape index (κ1) is 12.7. The maximum Gasteiger partial charge on any atom is 0.303 e. The van der Waals surface area contributed by atoms with E-state index in [9.17, 15) is 8.42 Å². The standard InChI is InChI=1S/C9H16N4O2S2/c1-7-8(2)16-9(11-7)12-17(14,15)13-5-3-10-4-6-13/h10H,3-6H2,1-2H3,(H,11,12). The molecule has 1 aliphatic rings. The predicted octanol–water partition coefficient (Wildman–Crippen LogP) is 0.322. The molecule has 8 heteroatoms. The average molecular weight is 276 g/mol. The predicted molar refractivity (Wildman–Crippen MR) is 68.6 cm³/mol. The van der Waals surface area contributed by atoms with Gasteiger partial charge in [-0.05, 0) is 13.8 Å². The van der Waals surface area contributed by atoms with Crippen molar-refractivity contribution in [2.45, 2.75) is 13.8 Å². The summed E-state index contributed by atoms with van der Waals surface area (Å²) < 4.78 is 28.0. The first-order chi connectivity index (χ1) is 7.99. The molecule has 0 aromatic carbocycles. The molecule has 0 saturated carbocycles. The van der Waals surface area contributed by atoms with Crippen molar-refractivity contribution in [3.05, 3.63) is 10.6 Å². The molecule has 0 bridgehead atoms. The molecule has 2 N–H and O–H groups in total. The van der Waals surface area contributed by atoms with Gasteiger partial charge in [0, 0.05) is 31.1 Å². The summed E-state index contributed by atoms with van der Waals surface area (Å²) in [5.74, 6) is 0. The smallest absolute Gasteiger partial charge is 0.303 e. The molecular formula is C9H16N4O2S2. The minimum absolute atomic E-state index is 0.443. The summed E-state index contributed by atoms with van der Waals surface area (Å²) >= 11 is 1.36. The molecule has 0 aliphatic carbocycles. The van der Waals surface area contributed by atoms with Gasteiger partial charge in [-0.15, -0.1) is 11.3 Å². The molecule has 0 spiro atoms. The third-order valence-electron chi connectivity index (χ3n) is 2.66. The van der Waals surface area contributed by atoms with Crippen molar-refractivity contribution in [2.24, 2.45) is 0 Å². The molecule has 6 nitrogen and oxygen atoms in total. The van der Waals surface area contributed by atoms with Crippen molar-refractivity contribution in [2.75, 3.05) is 30.9 Å². The molecule has 1 fully saturated rings. The van der Waals surface area contributed by atoms with Crippen molar-refractivity contribution in [3.8, 4) is 0 Å². The summed E-state index contributed by atoms with van der Waals surface area (Å²) in [5, 5.41) is 3.56. The van der Waals surface area contributed by atoms with Crippen LogP contribution in [0.1, 0.15) is 10.6 Å². The molecule has 2 heterocycles. The van der Waals surface area contributed by atoms with Gasteiger partial charge < -0.3 is 5.32 Å². The fourth-order valence-electron chi connectivity index (χ4n) is 1.58. The first-order valence-corrected chi connectivity index (χ1v) is 7.67. The van der Waals surface area contributed by atoms with Gasteiger partial charge in [-0.3, -0.25) is 0 Å². The van der Waals surface area contributed by atoms with Crippen LogP contribution in [0.3, 0.4) is 0 Å². The summed E-state index contributed by atoms with van der Waals surface area (Å²) in [6.45, 7) is 6.18. The molecule has 2 rings (SSSR count). The Balaban J connectivity index is 2.11. The van der Waals surface area contributed by atoms with Gasteiger partial charge in [-0.1, -0.05) is 0 Å². The molecule has 96 valence electrons. The van der Waals surface area contributed by atoms with Crippen LogP contribution < -0.4 is 10.0 Å². The largest absolute Gasteiger partial charge is 0.314 e. The number of aryl methyl sites for hydroxylation is 2. The summed E-state index contributed by atoms with van der Waals surface area (Å²) in [7, 11) is -3.45. The van der Waals surface area contributed by atoms with E-state index in [2.05, 4.69) is 15.0 Å². The topological polar surface area (TPSA) is 74.3 Å². The van der Waals surface area contributed by atoms with Crippen molar-refractivity contribution < 1.29 is 8.42 Å². The molecule has 0 unspecified atom stereocenters. The van der Waals surface area contributed by atoms with Gasteiger partial charge in [-0.2, -0.15) is 12.7 Å². The quantitative estimate of drug-likeness (QED) is 0.834. The Morgan fingerprint density at radius 2 is 2.00 bits per heavy atom. The number of rotatable bonds is 3. The van der Waals surface area contributed by atoms with E-state index >= 15 is 0 Å². The number of nitrogens with zero attached hydrogens (tertiary/aromatic N) is 2. The Morgan fingerprint density at radius 1 is 1.35 bits per heavy atom. The highest BCUT2D eigenvalue weighted by Gasteiger charge is 2.24. The van der Waals surface area contributed by atoms with Crippen LogP contribution in [0.25, 0.3) is 0 Å². The molecular weight excluding hydrogens is 260 g/mol. The zero-order chi connectivity index (χ0) is 12.5. The zero-order valence-corrected chi connectivity index (χ0v) is 11.5. The number of nitrogens with one attached hydrogen (secondary N) is 2. The first-order valence-electron chi connectivity index (χ1n) is 5.42. The van der Waals surface area contributed by atoms with Gasteiger partial charge in [0.1, 0.15) is 0 Å². The SMILES string of the molecule is Cc1nc(NS(=O)(=O)N2CCNCC2)sc1C. The van der Waals surface area contributed by atoms with E-state index in [1.54, 1.807) is 0 Å². The molecule has 1 aromatic rings. The third kappa shape index (κ3) is 2.95. The van der Waals surface area contributed by atoms with Gasteiger partial charge in [0.2, 0.25) is 0 Å². The van der Waals surface area contributed by atoms with Crippen LogP contribution in [0.5, 0.6) is 0 Å². The second kappa shape index (κ2) is 4.89. The maximum atomic E-state index is 12.0.